The fourth-order valence-corrected chi connectivity index (χ4v) is 7.43. The Balaban J connectivity index is 1.58. The van der Waals surface area contributed by atoms with E-state index in [9.17, 15) is 4.79 Å². The molecule has 6 rings (SSSR count). The largest absolute Gasteiger partial charge is 0.469 e. The normalized spacial score (nSPS) is 17.5. The topological polar surface area (TPSA) is 41.6 Å². The maximum Gasteiger partial charge on any atom is 0.409 e. The summed E-state index contributed by atoms with van der Waals surface area (Å²) in [5.74, 6) is -0.110. The molecule has 4 aromatic carbocycles. The third kappa shape index (κ3) is 4.60. The first kappa shape index (κ1) is 27.4. The second kappa shape index (κ2) is 10.6. The smallest absolute Gasteiger partial charge is 0.409 e. The highest BCUT2D eigenvalue weighted by Crippen LogP contribution is 2.43. The van der Waals surface area contributed by atoms with Gasteiger partial charge in [0.25, 0.3) is 0 Å². The van der Waals surface area contributed by atoms with Crippen LogP contribution in [0.25, 0.3) is 10.8 Å². The number of anilines is 2. The van der Waals surface area contributed by atoms with E-state index in [1.54, 1.807) is 0 Å². The summed E-state index contributed by atoms with van der Waals surface area (Å²) in [5, 5.41) is 6.59. The van der Waals surface area contributed by atoms with E-state index in [0.717, 1.165) is 38.6 Å². The number of unbranched alkanes of at least 4 members (excludes halogenated alkanes) is 1. The summed E-state index contributed by atoms with van der Waals surface area (Å²) in [6.07, 6.45) is 4.77. The Morgan fingerprint density at radius 2 is 1.73 bits per heavy atom. The van der Waals surface area contributed by atoms with E-state index in [1.165, 1.54) is 73.7 Å². The summed E-state index contributed by atoms with van der Waals surface area (Å²) in [4.78, 5) is 15.5. The van der Waals surface area contributed by atoms with E-state index in [2.05, 4.69) is 105 Å². The van der Waals surface area contributed by atoms with Crippen molar-refractivity contribution in [3.05, 3.63) is 99.6 Å². The summed E-state index contributed by atoms with van der Waals surface area (Å²) in [6, 6.07) is 22.1. The molecular weight excluding hydrogens is 503 g/mol. The van der Waals surface area contributed by atoms with Crippen LogP contribution in [0.4, 0.5) is 11.4 Å². The summed E-state index contributed by atoms with van der Waals surface area (Å²) >= 11 is 0. The maximum atomic E-state index is 13.0. The number of fused-ring (bicyclic) bond motifs is 1. The summed E-state index contributed by atoms with van der Waals surface area (Å²) in [7, 11) is 1.52. The SMILES string of the molecule is CCCCc1c(C)c2c(c(C)c1B1Nc3cccc4cc(C)cc(c34)N1Cc1ccccc1)CC(C)(C(=O)OC)C2. The molecule has 0 bridgehead atoms. The first-order valence-corrected chi connectivity index (χ1v) is 15.1. The molecule has 0 aromatic heterocycles. The van der Waals surface area contributed by atoms with Gasteiger partial charge in [-0.2, -0.15) is 0 Å². The Kier molecular flexibility index (Phi) is 7.09. The van der Waals surface area contributed by atoms with Gasteiger partial charge < -0.3 is 14.8 Å². The third-order valence-electron chi connectivity index (χ3n) is 9.53. The van der Waals surface area contributed by atoms with Crippen molar-refractivity contribution < 1.29 is 9.53 Å². The average Bonchev–Trinajstić information content (AvgIpc) is 3.35. The van der Waals surface area contributed by atoms with Gasteiger partial charge in [0.15, 0.2) is 0 Å². The summed E-state index contributed by atoms with van der Waals surface area (Å²) in [5.41, 5.74) is 12.7. The van der Waals surface area contributed by atoms with Crippen molar-refractivity contribution in [2.24, 2.45) is 5.41 Å². The van der Waals surface area contributed by atoms with Crippen LogP contribution in [0, 0.1) is 26.2 Å². The highest BCUT2D eigenvalue weighted by atomic mass is 16.5. The minimum Gasteiger partial charge on any atom is -0.469 e. The van der Waals surface area contributed by atoms with Crippen LogP contribution in [0.1, 0.15) is 65.6 Å². The molecular formula is C36H41BN2O2. The van der Waals surface area contributed by atoms with Gasteiger partial charge in [0.2, 0.25) is 0 Å². The van der Waals surface area contributed by atoms with Gasteiger partial charge in [-0.15, -0.1) is 0 Å². The first-order valence-electron chi connectivity index (χ1n) is 15.1. The third-order valence-corrected chi connectivity index (χ3v) is 9.53. The number of hydrogen-bond acceptors (Lipinski definition) is 4. The van der Waals surface area contributed by atoms with Gasteiger partial charge in [0.05, 0.1) is 12.5 Å². The lowest BCUT2D eigenvalue weighted by Crippen LogP contribution is -2.58. The number of benzene rings is 4. The van der Waals surface area contributed by atoms with Crippen LogP contribution in [0.5, 0.6) is 0 Å². The summed E-state index contributed by atoms with van der Waals surface area (Å²) < 4.78 is 5.30. The molecule has 1 atom stereocenters. The van der Waals surface area contributed by atoms with Crippen LogP contribution in [0.3, 0.4) is 0 Å². The number of ether oxygens (including phenoxy) is 1. The molecule has 2 aliphatic rings. The van der Waals surface area contributed by atoms with Crippen molar-refractivity contribution >= 4 is 40.6 Å². The molecule has 1 aliphatic heterocycles. The van der Waals surface area contributed by atoms with Gasteiger partial charge in [-0.05, 0) is 115 Å². The number of carbonyl (C=O) groups is 1. The number of nitrogens with zero attached hydrogens (tertiary/aromatic N) is 1. The van der Waals surface area contributed by atoms with Crippen LogP contribution in [0.2, 0.25) is 0 Å². The Hall–Kier alpha value is -3.73. The summed E-state index contributed by atoms with van der Waals surface area (Å²) in [6.45, 7) is 11.9. The Morgan fingerprint density at radius 1 is 1.00 bits per heavy atom. The number of nitrogens with one attached hydrogen (secondary N) is 1. The fraction of sp³-hybridized carbons (Fsp3) is 0.361. The number of methoxy groups -OCH3 is 1. The monoisotopic (exact) mass is 544 g/mol. The predicted octanol–water partition coefficient (Wildman–Crippen LogP) is 7.21. The second-order valence-corrected chi connectivity index (χ2v) is 12.5. The van der Waals surface area contributed by atoms with Gasteiger partial charge in [0, 0.05) is 23.3 Å². The number of rotatable bonds is 7. The van der Waals surface area contributed by atoms with Crippen LogP contribution in [-0.4, -0.2) is 20.1 Å². The van der Waals surface area contributed by atoms with E-state index in [0.29, 0.717) is 0 Å². The zero-order valence-corrected chi connectivity index (χ0v) is 25.4. The Bertz CT molecular complexity index is 1650. The van der Waals surface area contributed by atoms with Crippen molar-refractivity contribution in [1.29, 1.82) is 0 Å². The fourth-order valence-electron chi connectivity index (χ4n) is 7.43. The average molecular weight is 545 g/mol. The van der Waals surface area contributed by atoms with Crippen molar-refractivity contribution in [3.8, 4) is 0 Å². The first-order chi connectivity index (χ1) is 19.8. The molecule has 0 radical (unpaired) electrons. The minimum absolute atomic E-state index is 0.0315. The molecule has 4 aromatic rings. The molecule has 5 heteroatoms. The van der Waals surface area contributed by atoms with Crippen LogP contribution in [-0.2, 0) is 35.3 Å². The van der Waals surface area contributed by atoms with Crippen LogP contribution >= 0.6 is 0 Å². The molecule has 1 aliphatic carbocycles. The molecule has 0 fully saturated rings. The van der Waals surface area contributed by atoms with Crippen LogP contribution in [0.15, 0.2) is 60.7 Å². The molecule has 0 saturated carbocycles. The van der Waals surface area contributed by atoms with E-state index in [4.69, 9.17) is 4.74 Å². The lowest BCUT2D eigenvalue weighted by Gasteiger charge is -2.40. The zero-order valence-electron chi connectivity index (χ0n) is 25.4. The van der Waals surface area contributed by atoms with Gasteiger partial charge in [-0.1, -0.05) is 61.9 Å². The number of esters is 1. The van der Waals surface area contributed by atoms with Crippen LogP contribution < -0.4 is 15.5 Å². The van der Waals surface area contributed by atoms with Crippen molar-refractivity contribution in [2.45, 2.75) is 73.3 Å². The van der Waals surface area contributed by atoms with Gasteiger partial charge in [-0.25, -0.2) is 0 Å². The molecule has 0 saturated heterocycles. The number of hydrogen-bond donors (Lipinski definition) is 1. The molecule has 1 heterocycles. The molecule has 4 nitrogen and oxygen atoms in total. The molecule has 0 amide bonds. The van der Waals surface area contributed by atoms with Gasteiger partial charge >= 0.3 is 13.0 Å². The molecule has 1 N–H and O–H groups in total. The predicted molar refractivity (Wildman–Crippen MR) is 172 cm³/mol. The molecule has 0 spiro atoms. The van der Waals surface area contributed by atoms with Crippen molar-refractivity contribution in [1.82, 2.24) is 0 Å². The lowest BCUT2D eigenvalue weighted by molar-refractivity contribution is -0.151. The van der Waals surface area contributed by atoms with Gasteiger partial charge in [0.1, 0.15) is 0 Å². The Labute approximate surface area is 245 Å². The lowest BCUT2D eigenvalue weighted by atomic mass is 9.58. The zero-order chi connectivity index (χ0) is 28.9. The van der Waals surface area contributed by atoms with E-state index in [-0.39, 0.29) is 13.0 Å². The molecule has 1 unspecified atom stereocenters. The minimum atomic E-state index is -0.522. The maximum absolute atomic E-state index is 13.0. The standard InChI is InChI=1S/C36H41BN2O2/c1-7-8-16-28-24(3)29-20-36(5,35(40)41-6)21-30(29)25(4)34(28)37-38-31-17-12-15-27-18-23(2)19-32(33(27)31)39(37)22-26-13-10-9-11-14-26/h9-15,17-19,38H,7-8,16,20-22H2,1-6H3. The number of aryl methyl sites for hydroxylation is 1. The highest BCUT2D eigenvalue weighted by molar-refractivity contribution is 6.81. The van der Waals surface area contributed by atoms with E-state index in [1.807, 2.05) is 0 Å². The second-order valence-electron chi connectivity index (χ2n) is 12.5. The molecule has 41 heavy (non-hydrogen) atoms. The highest BCUT2D eigenvalue weighted by Gasteiger charge is 2.45. The molecule has 210 valence electrons. The van der Waals surface area contributed by atoms with Crippen molar-refractivity contribution in [3.63, 3.8) is 0 Å². The van der Waals surface area contributed by atoms with Crippen molar-refractivity contribution in [2.75, 3.05) is 17.1 Å². The van der Waals surface area contributed by atoms with E-state index >= 15 is 0 Å². The van der Waals surface area contributed by atoms with Gasteiger partial charge in [-0.3, -0.25) is 4.79 Å². The quantitative estimate of drug-likeness (QED) is 0.197. The Morgan fingerprint density at radius 3 is 2.44 bits per heavy atom. The van der Waals surface area contributed by atoms with E-state index < -0.39 is 5.41 Å². The number of carbonyl (C=O) groups excluding carboxylic acids is 1.